The highest BCUT2D eigenvalue weighted by Crippen LogP contribution is 2.27. The van der Waals surface area contributed by atoms with Gasteiger partial charge >= 0.3 is 0 Å². The summed E-state index contributed by atoms with van der Waals surface area (Å²) < 4.78 is 0. The largest absolute Gasteiger partial charge is 0.326 e. The van der Waals surface area contributed by atoms with Gasteiger partial charge in [0, 0.05) is 12.1 Å². The minimum Gasteiger partial charge on any atom is -0.326 e. The second-order valence-electron chi connectivity index (χ2n) is 5.31. The summed E-state index contributed by atoms with van der Waals surface area (Å²) in [7, 11) is 0. The molecule has 2 rings (SSSR count). The van der Waals surface area contributed by atoms with Gasteiger partial charge < -0.3 is 5.32 Å². The van der Waals surface area contributed by atoms with Gasteiger partial charge in [-0.1, -0.05) is 50.3 Å². The second kappa shape index (κ2) is 7.20. The van der Waals surface area contributed by atoms with Crippen molar-refractivity contribution in [1.82, 2.24) is 0 Å². The van der Waals surface area contributed by atoms with Crippen LogP contribution < -0.4 is 5.32 Å². The van der Waals surface area contributed by atoms with Crippen molar-refractivity contribution < 1.29 is 4.79 Å². The molecular weight excluding hydrogens is 222 g/mol. The SMILES string of the molecule is O=C(CCCC1CCCCC1)Nc1ccccc1. The maximum Gasteiger partial charge on any atom is 0.224 e. The fourth-order valence-corrected chi connectivity index (χ4v) is 2.77. The molecule has 1 saturated carbocycles. The molecule has 0 aromatic heterocycles. The summed E-state index contributed by atoms with van der Waals surface area (Å²) in [4.78, 5) is 11.7. The monoisotopic (exact) mass is 245 g/mol. The predicted octanol–water partition coefficient (Wildman–Crippen LogP) is 4.38. The van der Waals surface area contributed by atoms with Crippen LogP contribution in [0.25, 0.3) is 0 Å². The molecule has 0 aliphatic heterocycles. The van der Waals surface area contributed by atoms with Crippen LogP contribution in [0, 0.1) is 5.92 Å². The number of hydrogen-bond acceptors (Lipinski definition) is 1. The van der Waals surface area contributed by atoms with Crippen molar-refractivity contribution in [3.8, 4) is 0 Å². The number of hydrogen-bond donors (Lipinski definition) is 1. The lowest BCUT2D eigenvalue weighted by Gasteiger charge is -2.21. The van der Waals surface area contributed by atoms with E-state index in [4.69, 9.17) is 0 Å². The Morgan fingerprint density at radius 1 is 1.11 bits per heavy atom. The molecule has 1 aromatic rings. The van der Waals surface area contributed by atoms with Crippen molar-refractivity contribution in [1.29, 1.82) is 0 Å². The number of amides is 1. The van der Waals surface area contributed by atoms with Gasteiger partial charge in [0.25, 0.3) is 0 Å². The number of nitrogens with one attached hydrogen (secondary N) is 1. The number of rotatable bonds is 5. The zero-order chi connectivity index (χ0) is 12.6. The van der Waals surface area contributed by atoms with Crippen LogP contribution in [0.4, 0.5) is 5.69 Å². The topological polar surface area (TPSA) is 29.1 Å². The van der Waals surface area contributed by atoms with Crippen LogP contribution in [-0.2, 0) is 4.79 Å². The molecule has 0 heterocycles. The lowest BCUT2D eigenvalue weighted by atomic mass is 9.86. The number of carbonyl (C=O) groups is 1. The summed E-state index contributed by atoms with van der Waals surface area (Å²) in [5, 5.41) is 2.94. The summed E-state index contributed by atoms with van der Waals surface area (Å²) in [6.07, 6.45) is 9.85. The summed E-state index contributed by atoms with van der Waals surface area (Å²) in [6.45, 7) is 0. The van der Waals surface area contributed by atoms with Gasteiger partial charge in [0.1, 0.15) is 0 Å². The van der Waals surface area contributed by atoms with Gasteiger partial charge in [-0.3, -0.25) is 4.79 Å². The zero-order valence-corrected chi connectivity index (χ0v) is 11.0. The van der Waals surface area contributed by atoms with E-state index in [2.05, 4.69) is 5.32 Å². The van der Waals surface area contributed by atoms with Crippen LogP contribution in [0.1, 0.15) is 51.4 Å². The number of anilines is 1. The average Bonchev–Trinajstić information content (AvgIpc) is 2.41. The fraction of sp³-hybridized carbons (Fsp3) is 0.562. The molecule has 0 bridgehead atoms. The molecule has 1 aliphatic rings. The highest BCUT2D eigenvalue weighted by atomic mass is 16.1. The molecule has 2 nitrogen and oxygen atoms in total. The molecule has 1 amide bonds. The first-order valence-electron chi connectivity index (χ1n) is 7.19. The van der Waals surface area contributed by atoms with E-state index in [1.165, 1.54) is 38.5 Å². The van der Waals surface area contributed by atoms with Crippen LogP contribution in [0.3, 0.4) is 0 Å². The van der Waals surface area contributed by atoms with E-state index >= 15 is 0 Å². The van der Waals surface area contributed by atoms with Gasteiger partial charge in [0.2, 0.25) is 5.91 Å². The van der Waals surface area contributed by atoms with Crippen LogP contribution in [0.2, 0.25) is 0 Å². The van der Waals surface area contributed by atoms with E-state index in [0.717, 1.165) is 18.0 Å². The van der Waals surface area contributed by atoms with Crippen LogP contribution in [-0.4, -0.2) is 5.91 Å². The first kappa shape index (κ1) is 13.1. The molecule has 2 heteroatoms. The van der Waals surface area contributed by atoms with E-state index in [0.29, 0.717) is 6.42 Å². The molecular formula is C16H23NO. The molecule has 0 atom stereocenters. The van der Waals surface area contributed by atoms with Crippen molar-refractivity contribution in [2.24, 2.45) is 5.92 Å². The maximum atomic E-state index is 11.7. The van der Waals surface area contributed by atoms with E-state index < -0.39 is 0 Å². The third kappa shape index (κ3) is 4.52. The Hall–Kier alpha value is -1.31. The van der Waals surface area contributed by atoms with Crippen LogP contribution >= 0.6 is 0 Å². The first-order valence-corrected chi connectivity index (χ1v) is 7.19. The molecule has 1 aliphatic carbocycles. The molecule has 0 spiro atoms. The van der Waals surface area contributed by atoms with Crippen LogP contribution in [0.5, 0.6) is 0 Å². The fourth-order valence-electron chi connectivity index (χ4n) is 2.77. The van der Waals surface area contributed by atoms with Crippen molar-refractivity contribution in [3.63, 3.8) is 0 Å². The minimum absolute atomic E-state index is 0.150. The highest BCUT2D eigenvalue weighted by Gasteiger charge is 2.13. The summed E-state index contributed by atoms with van der Waals surface area (Å²) >= 11 is 0. The first-order chi connectivity index (χ1) is 8.84. The standard InChI is InChI=1S/C16H23NO/c18-16(17-15-11-5-2-6-12-15)13-7-10-14-8-3-1-4-9-14/h2,5-6,11-12,14H,1,3-4,7-10,13H2,(H,17,18). The van der Waals surface area contributed by atoms with Gasteiger partial charge in [-0.25, -0.2) is 0 Å². The summed E-state index contributed by atoms with van der Waals surface area (Å²) in [5.41, 5.74) is 0.903. The maximum absolute atomic E-state index is 11.7. The normalized spacial score (nSPS) is 16.4. The number of carbonyl (C=O) groups excluding carboxylic acids is 1. The van der Waals surface area contributed by atoms with E-state index in [1.807, 2.05) is 30.3 Å². The molecule has 98 valence electrons. The lowest BCUT2D eigenvalue weighted by Crippen LogP contribution is -2.12. The van der Waals surface area contributed by atoms with E-state index in [1.54, 1.807) is 0 Å². The van der Waals surface area contributed by atoms with E-state index in [-0.39, 0.29) is 5.91 Å². The van der Waals surface area contributed by atoms with Gasteiger partial charge in [-0.05, 0) is 30.9 Å². The van der Waals surface area contributed by atoms with Gasteiger partial charge in [-0.2, -0.15) is 0 Å². The van der Waals surface area contributed by atoms with Crippen molar-refractivity contribution in [2.45, 2.75) is 51.4 Å². The Morgan fingerprint density at radius 2 is 1.83 bits per heavy atom. The molecule has 1 N–H and O–H groups in total. The average molecular weight is 245 g/mol. The van der Waals surface area contributed by atoms with Crippen molar-refractivity contribution >= 4 is 11.6 Å². The van der Waals surface area contributed by atoms with Gasteiger partial charge in [0.15, 0.2) is 0 Å². The number of para-hydroxylation sites is 1. The molecule has 0 unspecified atom stereocenters. The molecule has 1 fully saturated rings. The molecule has 0 saturated heterocycles. The Morgan fingerprint density at radius 3 is 2.56 bits per heavy atom. The Kier molecular flexibility index (Phi) is 5.25. The smallest absolute Gasteiger partial charge is 0.224 e. The lowest BCUT2D eigenvalue weighted by molar-refractivity contribution is -0.116. The summed E-state index contributed by atoms with van der Waals surface area (Å²) in [6, 6.07) is 9.70. The van der Waals surface area contributed by atoms with Crippen molar-refractivity contribution in [3.05, 3.63) is 30.3 Å². The van der Waals surface area contributed by atoms with Gasteiger partial charge in [0.05, 0.1) is 0 Å². The van der Waals surface area contributed by atoms with Crippen LogP contribution in [0.15, 0.2) is 30.3 Å². The molecule has 1 aromatic carbocycles. The quantitative estimate of drug-likeness (QED) is 0.819. The van der Waals surface area contributed by atoms with Gasteiger partial charge in [-0.15, -0.1) is 0 Å². The highest BCUT2D eigenvalue weighted by molar-refractivity contribution is 5.90. The van der Waals surface area contributed by atoms with E-state index in [9.17, 15) is 4.79 Å². The minimum atomic E-state index is 0.150. The molecule has 18 heavy (non-hydrogen) atoms. The Balaban J connectivity index is 1.62. The second-order valence-corrected chi connectivity index (χ2v) is 5.31. The Labute approximate surface area is 110 Å². The predicted molar refractivity (Wildman–Crippen MR) is 75.5 cm³/mol. The third-order valence-electron chi connectivity index (χ3n) is 3.80. The Bertz CT molecular complexity index is 355. The zero-order valence-electron chi connectivity index (χ0n) is 11.0. The van der Waals surface area contributed by atoms with Crippen molar-refractivity contribution in [2.75, 3.05) is 5.32 Å². The number of benzene rings is 1. The summed E-state index contributed by atoms with van der Waals surface area (Å²) in [5.74, 6) is 1.03. The molecule has 0 radical (unpaired) electrons. The third-order valence-corrected chi connectivity index (χ3v) is 3.80.